The molecule has 1 aromatic carbocycles. The summed E-state index contributed by atoms with van der Waals surface area (Å²) in [6.07, 6.45) is 0.568. The monoisotopic (exact) mass is 265 g/mol. The Hall–Kier alpha value is -1.59. The zero-order valence-corrected chi connectivity index (χ0v) is 11.7. The van der Waals surface area contributed by atoms with E-state index in [-0.39, 0.29) is 5.84 Å². The van der Waals surface area contributed by atoms with Gasteiger partial charge >= 0.3 is 0 Å². The summed E-state index contributed by atoms with van der Waals surface area (Å²) in [5.41, 5.74) is 6.55. The van der Waals surface area contributed by atoms with Crippen LogP contribution in [0.5, 0.6) is 5.75 Å². The van der Waals surface area contributed by atoms with Gasteiger partial charge in [-0.1, -0.05) is 18.2 Å². The highest BCUT2D eigenvalue weighted by molar-refractivity contribution is 5.76. The Balaban J connectivity index is 2.66. The van der Waals surface area contributed by atoms with E-state index in [0.717, 1.165) is 30.9 Å². The molecule has 0 saturated heterocycles. The van der Waals surface area contributed by atoms with Crippen LogP contribution in [0.3, 0.4) is 0 Å². The Labute approximate surface area is 114 Å². The Kier molecular flexibility index (Phi) is 6.92. The van der Waals surface area contributed by atoms with Gasteiger partial charge in [0, 0.05) is 38.7 Å². The van der Waals surface area contributed by atoms with E-state index in [1.165, 1.54) is 0 Å². The highest BCUT2D eigenvalue weighted by Gasteiger charge is 2.09. The van der Waals surface area contributed by atoms with Gasteiger partial charge < -0.3 is 15.2 Å². The molecule has 1 aromatic rings. The van der Waals surface area contributed by atoms with Crippen LogP contribution in [-0.4, -0.2) is 44.7 Å². The Morgan fingerprint density at radius 1 is 1.26 bits per heavy atom. The van der Waals surface area contributed by atoms with Crippen LogP contribution in [0.1, 0.15) is 12.0 Å². The van der Waals surface area contributed by atoms with Crippen molar-refractivity contribution in [3.05, 3.63) is 29.8 Å². The van der Waals surface area contributed by atoms with E-state index in [0.29, 0.717) is 13.0 Å². The van der Waals surface area contributed by atoms with Crippen molar-refractivity contribution in [3.63, 3.8) is 0 Å². The van der Waals surface area contributed by atoms with Gasteiger partial charge in [-0.25, -0.2) is 0 Å². The molecular weight excluding hydrogens is 242 g/mol. The number of ether oxygens (including phenoxy) is 2. The van der Waals surface area contributed by atoms with Crippen LogP contribution in [0, 0.1) is 5.41 Å². The number of nitrogens with zero attached hydrogens (tertiary/aromatic N) is 1. The van der Waals surface area contributed by atoms with Crippen LogP contribution >= 0.6 is 0 Å². The minimum Gasteiger partial charge on any atom is -0.496 e. The van der Waals surface area contributed by atoms with E-state index in [1.807, 2.05) is 24.3 Å². The molecule has 0 amide bonds. The molecule has 0 heterocycles. The predicted molar refractivity (Wildman–Crippen MR) is 76.7 cm³/mol. The summed E-state index contributed by atoms with van der Waals surface area (Å²) in [4.78, 5) is 2.21. The molecule has 0 atom stereocenters. The van der Waals surface area contributed by atoms with Gasteiger partial charge in [0.25, 0.3) is 0 Å². The molecule has 5 heteroatoms. The van der Waals surface area contributed by atoms with Gasteiger partial charge in [0.1, 0.15) is 5.75 Å². The first kappa shape index (κ1) is 15.5. The van der Waals surface area contributed by atoms with Crippen molar-refractivity contribution in [2.75, 3.05) is 33.9 Å². The average molecular weight is 265 g/mol. The van der Waals surface area contributed by atoms with Crippen LogP contribution in [0.25, 0.3) is 0 Å². The number of benzene rings is 1. The Morgan fingerprint density at radius 3 is 2.63 bits per heavy atom. The van der Waals surface area contributed by atoms with Crippen molar-refractivity contribution < 1.29 is 9.47 Å². The highest BCUT2D eigenvalue weighted by atomic mass is 16.5. The first-order valence-corrected chi connectivity index (χ1v) is 6.33. The van der Waals surface area contributed by atoms with E-state index in [4.69, 9.17) is 20.6 Å². The first-order valence-electron chi connectivity index (χ1n) is 6.33. The number of hydrogen-bond donors (Lipinski definition) is 2. The van der Waals surface area contributed by atoms with Gasteiger partial charge in [-0.15, -0.1) is 0 Å². The maximum atomic E-state index is 7.32. The molecule has 5 nitrogen and oxygen atoms in total. The minimum absolute atomic E-state index is 0.211. The predicted octanol–water partition coefficient (Wildman–Crippen LogP) is 1.47. The summed E-state index contributed by atoms with van der Waals surface area (Å²) in [5.74, 6) is 1.09. The van der Waals surface area contributed by atoms with Crippen molar-refractivity contribution in [1.82, 2.24) is 4.90 Å². The van der Waals surface area contributed by atoms with E-state index in [2.05, 4.69) is 4.90 Å². The maximum Gasteiger partial charge on any atom is 0.123 e. The maximum absolute atomic E-state index is 7.32. The quantitative estimate of drug-likeness (QED) is 0.524. The van der Waals surface area contributed by atoms with Crippen LogP contribution in [0.4, 0.5) is 0 Å². The standard InChI is InChI=1S/C14H23N3O2/c1-18-10-9-17(8-7-14(15)16)11-12-5-3-4-6-13(12)19-2/h3-6H,7-11H2,1-2H3,(H3,15,16). The van der Waals surface area contributed by atoms with Crippen molar-refractivity contribution in [3.8, 4) is 5.75 Å². The molecule has 19 heavy (non-hydrogen) atoms. The first-order chi connectivity index (χ1) is 9.17. The van der Waals surface area contributed by atoms with E-state index in [9.17, 15) is 0 Å². The second-order valence-electron chi connectivity index (χ2n) is 4.36. The molecule has 0 aromatic heterocycles. The van der Waals surface area contributed by atoms with Gasteiger partial charge in [-0.05, 0) is 6.07 Å². The molecule has 106 valence electrons. The molecular formula is C14H23N3O2. The van der Waals surface area contributed by atoms with Crippen LogP contribution in [0.15, 0.2) is 24.3 Å². The lowest BCUT2D eigenvalue weighted by Gasteiger charge is -2.22. The topological polar surface area (TPSA) is 71.6 Å². The lowest BCUT2D eigenvalue weighted by molar-refractivity contribution is 0.145. The summed E-state index contributed by atoms with van der Waals surface area (Å²) in [6, 6.07) is 7.95. The van der Waals surface area contributed by atoms with Gasteiger partial charge in [0.15, 0.2) is 0 Å². The highest BCUT2D eigenvalue weighted by Crippen LogP contribution is 2.19. The third-order valence-corrected chi connectivity index (χ3v) is 2.90. The van der Waals surface area contributed by atoms with Gasteiger partial charge in [0.05, 0.1) is 19.6 Å². The van der Waals surface area contributed by atoms with E-state index < -0.39 is 0 Å². The second kappa shape index (κ2) is 8.50. The van der Waals surface area contributed by atoms with Gasteiger partial charge in [0.2, 0.25) is 0 Å². The lowest BCUT2D eigenvalue weighted by atomic mass is 10.2. The van der Waals surface area contributed by atoms with Crippen molar-refractivity contribution >= 4 is 5.84 Å². The zero-order chi connectivity index (χ0) is 14.1. The molecule has 0 aliphatic heterocycles. The summed E-state index contributed by atoms with van der Waals surface area (Å²) in [6.45, 7) is 2.98. The molecule has 0 bridgehead atoms. The third kappa shape index (κ3) is 5.72. The SMILES string of the molecule is COCCN(CCC(=N)N)Cc1ccccc1OC. The molecule has 0 aliphatic carbocycles. The second-order valence-corrected chi connectivity index (χ2v) is 4.36. The fourth-order valence-electron chi connectivity index (χ4n) is 1.84. The number of nitrogens with one attached hydrogen (secondary N) is 1. The molecule has 0 spiro atoms. The molecule has 0 fully saturated rings. The minimum atomic E-state index is 0.211. The summed E-state index contributed by atoms with van der Waals surface area (Å²) >= 11 is 0. The molecule has 0 unspecified atom stereocenters. The zero-order valence-electron chi connectivity index (χ0n) is 11.7. The third-order valence-electron chi connectivity index (χ3n) is 2.90. The molecule has 3 N–H and O–H groups in total. The number of rotatable bonds is 9. The van der Waals surface area contributed by atoms with Crippen LogP contribution < -0.4 is 10.5 Å². The van der Waals surface area contributed by atoms with E-state index in [1.54, 1.807) is 14.2 Å². The van der Waals surface area contributed by atoms with Gasteiger partial charge in [-0.2, -0.15) is 0 Å². The largest absolute Gasteiger partial charge is 0.496 e. The van der Waals surface area contributed by atoms with E-state index >= 15 is 0 Å². The van der Waals surface area contributed by atoms with Gasteiger partial charge in [-0.3, -0.25) is 10.3 Å². The smallest absolute Gasteiger partial charge is 0.123 e. The summed E-state index contributed by atoms with van der Waals surface area (Å²) < 4.78 is 10.5. The normalized spacial score (nSPS) is 10.7. The molecule has 0 aliphatic rings. The number of methoxy groups -OCH3 is 2. The number of para-hydroxylation sites is 1. The fraction of sp³-hybridized carbons (Fsp3) is 0.500. The van der Waals surface area contributed by atoms with Crippen LogP contribution in [-0.2, 0) is 11.3 Å². The summed E-state index contributed by atoms with van der Waals surface area (Å²) in [7, 11) is 3.36. The fourth-order valence-corrected chi connectivity index (χ4v) is 1.84. The van der Waals surface area contributed by atoms with Crippen molar-refractivity contribution in [2.24, 2.45) is 5.73 Å². The Morgan fingerprint density at radius 2 is 2.00 bits per heavy atom. The average Bonchev–Trinajstić information content (AvgIpc) is 2.42. The van der Waals surface area contributed by atoms with Crippen molar-refractivity contribution in [2.45, 2.75) is 13.0 Å². The van der Waals surface area contributed by atoms with Crippen molar-refractivity contribution in [1.29, 1.82) is 5.41 Å². The molecule has 0 saturated carbocycles. The number of nitrogens with two attached hydrogens (primary N) is 1. The molecule has 0 radical (unpaired) electrons. The number of hydrogen-bond acceptors (Lipinski definition) is 4. The Bertz CT molecular complexity index is 396. The summed E-state index contributed by atoms with van der Waals surface area (Å²) in [5, 5.41) is 7.32. The molecule has 1 rings (SSSR count). The lowest BCUT2D eigenvalue weighted by Crippen LogP contribution is -2.30. The van der Waals surface area contributed by atoms with Crippen LogP contribution in [0.2, 0.25) is 0 Å². The number of amidine groups is 1.